The van der Waals surface area contributed by atoms with Gasteiger partial charge in [-0.2, -0.15) is 0 Å². The summed E-state index contributed by atoms with van der Waals surface area (Å²) in [4.78, 5) is 67.7. The van der Waals surface area contributed by atoms with Crippen LogP contribution in [0.2, 0.25) is 0 Å². The number of carbonyl (C=O) groups excluding carboxylic acids is 4. The lowest BCUT2D eigenvalue weighted by molar-refractivity contribution is -0.152. The van der Waals surface area contributed by atoms with Gasteiger partial charge in [0.05, 0.1) is 6.04 Å². The Kier molecular flexibility index (Phi) is 12.6. The van der Waals surface area contributed by atoms with E-state index in [2.05, 4.69) is 0 Å². The van der Waals surface area contributed by atoms with Gasteiger partial charge in [0.15, 0.2) is 0 Å². The summed E-state index contributed by atoms with van der Waals surface area (Å²) in [6.45, 7) is 5.12. The van der Waals surface area contributed by atoms with Crippen molar-refractivity contribution in [3.63, 3.8) is 0 Å². The molecule has 0 saturated carbocycles. The molecule has 5 N–H and O–H groups in total. The maximum atomic E-state index is 14.0. The molecule has 244 valence electrons. The van der Waals surface area contributed by atoms with Gasteiger partial charge >= 0.3 is 18.0 Å². The summed E-state index contributed by atoms with van der Waals surface area (Å²) in [5, 5.41) is 9.75. The molecule has 3 amide bonds. The summed E-state index contributed by atoms with van der Waals surface area (Å²) < 4.78 is 10.8. The largest absolute Gasteiger partial charge is 0.480 e. The Bertz CT molecular complexity index is 1310. The number of ether oxygens (including phenoxy) is 2. The van der Waals surface area contributed by atoms with Crippen LogP contribution in [0.5, 0.6) is 0 Å². The summed E-state index contributed by atoms with van der Waals surface area (Å²) in [6.07, 6.45) is 0.0540. The number of carbonyl (C=O) groups is 5. The van der Waals surface area contributed by atoms with E-state index in [1.807, 2.05) is 30.3 Å². The number of nitrogens with zero attached hydrogens (tertiary/aromatic N) is 2. The number of imide groups is 1. The summed E-state index contributed by atoms with van der Waals surface area (Å²) in [6, 6.07) is 13.3. The Morgan fingerprint density at radius 1 is 0.933 bits per heavy atom. The molecule has 1 aliphatic heterocycles. The van der Waals surface area contributed by atoms with Gasteiger partial charge in [-0.3, -0.25) is 14.4 Å². The van der Waals surface area contributed by atoms with Crippen molar-refractivity contribution in [1.29, 1.82) is 0 Å². The number of carboxylic acid groups (broad SMARTS) is 1. The third-order valence-corrected chi connectivity index (χ3v) is 7.39. The average Bonchev–Trinajstić information content (AvgIpc) is 3.50. The van der Waals surface area contributed by atoms with Crippen LogP contribution in [0.3, 0.4) is 0 Å². The van der Waals surface area contributed by atoms with E-state index in [9.17, 15) is 29.1 Å². The molecule has 1 aliphatic rings. The lowest BCUT2D eigenvalue weighted by Gasteiger charge is -2.35. The van der Waals surface area contributed by atoms with Gasteiger partial charge in [0.25, 0.3) is 0 Å². The maximum absolute atomic E-state index is 14.0. The zero-order chi connectivity index (χ0) is 33.1. The summed E-state index contributed by atoms with van der Waals surface area (Å²) in [5.74, 6) is -3.30. The van der Waals surface area contributed by atoms with Gasteiger partial charge in [0.2, 0.25) is 11.8 Å². The standard InChI is InChI=1S/C33H44N4O8/c1-33(2,3)45-32(43)37(27(20-22-12-6-4-7-13-22)29(39)36-19-11-18-26(36)30(40)41)28(38)24(34)16-10-17-25(35)31(42)44-21-23-14-8-5-9-15-23/h4-9,12-15,24-27H,10-11,16-21,34-35H2,1-3H3,(H,40,41)/t24-,25?,26-,27+/m0/s1. The number of hydrogen-bond acceptors (Lipinski definition) is 9. The van der Waals surface area contributed by atoms with Crippen LogP contribution in [0, 0.1) is 0 Å². The van der Waals surface area contributed by atoms with Crippen molar-refractivity contribution in [1.82, 2.24) is 9.80 Å². The highest BCUT2D eigenvalue weighted by Gasteiger charge is 2.44. The first kappa shape index (κ1) is 35.2. The predicted molar refractivity (Wildman–Crippen MR) is 165 cm³/mol. The van der Waals surface area contributed by atoms with Gasteiger partial charge in [0, 0.05) is 13.0 Å². The molecule has 0 spiro atoms. The van der Waals surface area contributed by atoms with Crippen LogP contribution in [0.15, 0.2) is 60.7 Å². The van der Waals surface area contributed by atoms with Gasteiger partial charge in [-0.25, -0.2) is 14.5 Å². The molecule has 1 saturated heterocycles. The minimum absolute atomic E-state index is 0.0471. The van der Waals surface area contributed by atoms with Gasteiger partial charge in [-0.15, -0.1) is 0 Å². The zero-order valence-electron chi connectivity index (χ0n) is 26.1. The molecule has 0 bridgehead atoms. The Morgan fingerprint density at radius 2 is 1.51 bits per heavy atom. The van der Waals surface area contributed by atoms with Crippen LogP contribution in [0.4, 0.5) is 4.79 Å². The molecular formula is C33H44N4O8. The number of aliphatic carboxylic acids is 1. The topological polar surface area (TPSA) is 183 Å². The van der Waals surface area contributed by atoms with Crippen LogP contribution in [-0.4, -0.2) is 81.1 Å². The molecule has 2 aromatic rings. The van der Waals surface area contributed by atoms with Crippen molar-refractivity contribution in [2.75, 3.05) is 6.54 Å². The zero-order valence-corrected chi connectivity index (χ0v) is 26.1. The average molecular weight is 625 g/mol. The Hall–Kier alpha value is -4.29. The number of benzene rings is 2. The minimum Gasteiger partial charge on any atom is -0.480 e. The van der Waals surface area contributed by atoms with E-state index >= 15 is 0 Å². The molecule has 4 atom stereocenters. The van der Waals surface area contributed by atoms with Crippen LogP contribution in [0.1, 0.15) is 64.0 Å². The van der Waals surface area contributed by atoms with E-state index in [0.717, 1.165) is 10.5 Å². The fourth-order valence-corrected chi connectivity index (χ4v) is 5.10. The highest BCUT2D eigenvalue weighted by Crippen LogP contribution is 2.24. The minimum atomic E-state index is -1.41. The predicted octanol–water partition coefficient (Wildman–Crippen LogP) is 3.01. The van der Waals surface area contributed by atoms with E-state index in [1.54, 1.807) is 51.1 Å². The Labute approximate surface area is 263 Å². The van der Waals surface area contributed by atoms with Crippen molar-refractivity contribution in [3.05, 3.63) is 71.8 Å². The fourth-order valence-electron chi connectivity index (χ4n) is 5.10. The third-order valence-electron chi connectivity index (χ3n) is 7.39. The number of esters is 1. The highest BCUT2D eigenvalue weighted by molar-refractivity contribution is 6.01. The quantitative estimate of drug-likeness (QED) is 0.280. The number of hydrogen-bond donors (Lipinski definition) is 3. The first-order chi connectivity index (χ1) is 21.3. The molecule has 12 heteroatoms. The second-order valence-corrected chi connectivity index (χ2v) is 12.2. The summed E-state index contributed by atoms with van der Waals surface area (Å²) in [5.41, 5.74) is 12.8. The SMILES string of the molecule is CC(C)(C)OC(=O)N(C(=O)[C@@H](N)CCCC(N)C(=O)OCc1ccccc1)[C@H](Cc1ccccc1)C(=O)N1CCC[C@H]1C(=O)O. The maximum Gasteiger partial charge on any atom is 0.417 e. The number of likely N-dealkylation sites (tertiary alicyclic amines) is 1. The fraction of sp³-hybridized carbons (Fsp3) is 0.485. The van der Waals surface area contributed by atoms with Crippen molar-refractivity contribution >= 4 is 29.8 Å². The lowest BCUT2D eigenvalue weighted by atomic mass is 10.0. The van der Waals surface area contributed by atoms with E-state index in [0.29, 0.717) is 12.0 Å². The monoisotopic (exact) mass is 624 g/mol. The molecule has 0 aliphatic carbocycles. The Balaban J connectivity index is 1.78. The lowest BCUT2D eigenvalue weighted by Crippen LogP contribution is -2.59. The van der Waals surface area contributed by atoms with Crippen molar-refractivity contribution < 1.29 is 38.6 Å². The van der Waals surface area contributed by atoms with Crippen molar-refractivity contribution in [2.45, 2.75) is 95.7 Å². The van der Waals surface area contributed by atoms with E-state index in [1.165, 1.54) is 4.90 Å². The van der Waals surface area contributed by atoms with Crippen molar-refractivity contribution in [2.24, 2.45) is 11.5 Å². The summed E-state index contributed by atoms with van der Waals surface area (Å²) >= 11 is 0. The molecule has 3 rings (SSSR count). The van der Waals surface area contributed by atoms with Crippen molar-refractivity contribution in [3.8, 4) is 0 Å². The van der Waals surface area contributed by atoms with Gasteiger partial charge in [-0.05, 0) is 64.0 Å². The molecule has 0 radical (unpaired) electrons. The first-order valence-corrected chi connectivity index (χ1v) is 15.1. The van der Waals surface area contributed by atoms with Gasteiger partial charge < -0.3 is 30.9 Å². The van der Waals surface area contributed by atoms with Gasteiger partial charge in [0.1, 0.15) is 30.3 Å². The third kappa shape index (κ3) is 10.4. The number of nitrogens with two attached hydrogens (primary N) is 2. The van der Waals surface area contributed by atoms with E-state index < -0.39 is 59.6 Å². The van der Waals surface area contributed by atoms with E-state index in [4.69, 9.17) is 20.9 Å². The highest BCUT2D eigenvalue weighted by atomic mass is 16.6. The molecule has 2 aromatic carbocycles. The molecular weight excluding hydrogens is 580 g/mol. The number of carboxylic acids is 1. The van der Waals surface area contributed by atoms with Crippen LogP contribution in [0.25, 0.3) is 0 Å². The first-order valence-electron chi connectivity index (χ1n) is 15.1. The Morgan fingerprint density at radius 3 is 2.09 bits per heavy atom. The number of amides is 3. The van der Waals surface area contributed by atoms with Crippen LogP contribution >= 0.6 is 0 Å². The smallest absolute Gasteiger partial charge is 0.417 e. The van der Waals surface area contributed by atoms with Gasteiger partial charge in [-0.1, -0.05) is 60.7 Å². The molecule has 0 aromatic heterocycles. The molecule has 1 unspecified atom stereocenters. The molecule has 45 heavy (non-hydrogen) atoms. The summed E-state index contributed by atoms with van der Waals surface area (Å²) in [7, 11) is 0. The second-order valence-electron chi connectivity index (χ2n) is 12.2. The second kappa shape index (κ2) is 16.1. The van der Waals surface area contributed by atoms with E-state index in [-0.39, 0.29) is 45.3 Å². The molecule has 1 fully saturated rings. The normalized spacial score (nSPS) is 16.7. The number of rotatable bonds is 13. The molecule has 1 heterocycles. The van der Waals surface area contributed by atoms with Crippen LogP contribution < -0.4 is 11.5 Å². The van der Waals surface area contributed by atoms with Crippen LogP contribution in [-0.2, 0) is 41.7 Å². The molecule has 12 nitrogen and oxygen atoms in total.